The van der Waals surface area contributed by atoms with E-state index in [2.05, 4.69) is 25.7 Å². The average molecular weight is 406 g/mol. The molecule has 27 heavy (non-hydrogen) atoms. The summed E-state index contributed by atoms with van der Waals surface area (Å²) in [5.41, 5.74) is 1.24. The molecule has 0 amide bonds. The van der Waals surface area contributed by atoms with Gasteiger partial charge in [-0.1, -0.05) is 39.0 Å². The molecule has 1 heterocycles. The van der Waals surface area contributed by atoms with Crippen LogP contribution in [0.1, 0.15) is 27.2 Å². The molecule has 0 bridgehead atoms. The van der Waals surface area contributed by atoms with Gasteiger partial charge in [-0.05, 0) is 36.8 Å². The summed E-state index contributed by atoms with van der Waals surface area (Å²) in [6.07, 6.45) is 2.65. The Morgan fingerprint density at radius 2 is 1.89 bits per heavy atom. The SMILES string of the molecule is CCC1(C(C)C)CN(c2ccccc2)c2cc(SC)c(O)cc2S(=O)(=O)C1. The zero-order valence-electron chi connectivity index (χ0n) is 16.3. The largest absolute Gasteiger partial charge is 0.507 e. The van der Waals surface area contributed by atoms with Gasteiger partial charge in [-0.3, -0.25) is 0 Å². The number of sulfone groups is 1. The summed E-state index contributed by atoms with van der Waals surface area (Å²) in [6.45, 7) is 6.89. The van der Waals surface area contributed by atoms with Crippen LogP contribution in [0.4, 0.5) is 11.4 Å². The van der Waals surface area contributed by atoms with Crippen molar-refractivity contribution in [1.82, 2.24) is 0 Å². The van der Waals surface area contributed by atoms with E-state index in [-0.39, 0.29) is 27.7 Å². The second kappa shape index (κ2) is 7.40. The molecule has 1 aliphatic heterocycles. The van der Waals surface area contributed by atoms with Crippen molar-refractivity contribution in [3.63, 3.8) is 0 Å². The van der Waals surface area contributed by atoms with E-state index < -0.39 is 9.84 Å². The lowest BCUT2D eigenvalue weighted by atomic mass is 9.76. The molecule has 2 aromatic rings. The van der Waals surface area contributed by atoms with Crippen molar-refractivity contribution in [1.29, 1.82) is 0 Å². The number of para-hydroxylation sites is 1. The summed E-state index contributed by atoms with van der Waals surface area (Å²) in [5, 5.41) is 10.3. The minimum absolute atomic E-state index is 0.0198. The summed E-state index contributed by atoms with van der Waals surface area (Å²) >= 11 is 1.41. The second-order valence-electron chi connectivity index (χ2n) is 7.54. The number of nitrogens with zero attached hydrogens (tertiary/aromatic N) is 1. The van der Waals surface area contributed by atoms with Crippen LogP contribution in [0.5, 0.6) is 5.75 Å². The standard InChI is InChI=1S/C21H27NO3S2/c1-5-21(15(2)3)13-22(16-9-7-6-8-10-16)17-11-19(26-4)18(23)12-20(17)27(24,25)14-21/h6-12,15,23H,5,13-14H2,1-4H3. The smallest absolute Gasteiger partial charge is 0.181 e. The summed E-state index contributed by atoms with van der Waals surface area (Å²) in [7, 11) is -3.54. The number of phenols is 1. The lowest BCUT2D eigenvalue weighted by molar-refractivity contribution is 0.224. The van der Waals surface area contributed by atoms with Crippen LogP contribution in [0.25, 0.3) is 0 Å². The highest BCUT2D eigenvalue weighted by atomic mass is 32.2. The lowest BCUT2D eigenvalue weighted by Crippen LogP contribution is -2.41. The molecule has 1 atom stereocenters. The van der Waals surface area contributed by atoms with Crippen LogP contribution in [0.2, 0.25) is 0 Å². The van der Waals surface area contributed by atoms with Gasteiger partial charge in [0, 0.05) is 23.7 Å². The summed E-state index contributed by atoms with van der Waals surface area (Å²) < 4.78 is 26.7. The Hall–Kier alpha value is -1.66. The van der Waals surface area contributed by atoms with Crippen molar-refractivity contribution < 1.29 is 13.5 Å². The minimum Gasteiger partial charge on any atom is -0.507 e. The monoisotopic (exact) mass is 405 g/mol. The molecule has 2 aromatic carbocycles. The molecular formula is C21H27NO3S2. The first-order valence-electron chi connectivity index (χ1n) is 9.20. The van der Waals surface area contributed by atoms with E-state index in [4.69, 9.17) is 0 Å². The number of thioether (sulfide) groups is 1. The zero-order valence-corrected chi connectivity index (χ0v) is 17.9. The Balaban J connectivity index is 2.33. The van der Waals surface area contributed by atoms with E-state index in [1.165, 1.54) is 17.8 Å². The van der Waals surface area contributed by atoms with Crippen LogP contribution in [-0.2, 0) is 9.84 Å². The topological polar surface area (TPSA) is 57.6 Å². The highest BCUT2D eigenvalue weighted by Gasteiger charge is 2.44. The van der Waals surface area contributed by atoms with Gasteiger partial charge in [0.05, 0.1) is 21.2 Å². The first kappa shape index (κ1) is 20.1. The Morgan fingerprint density at radius 3 is 2.44 bits per heavy atom. The molecule has 0 fully saturated rings. The van der Waals surface area contributed by atoms with Crippen molar-refractivity contribution in [3.05, 3.63) is 42.5 Å². The van der Waals surface area contributed by atoms with Crippen LogP contribution in [-0.4, -0.2) is 32.1 Å². The molecule has 4 nitrogen and oxygen atoms in total. The number of benzene rings is 2. The maximum Gasteiger partial charge on any atom is 0.181 e. The third kappa shape index (κ3) is 3.57. The molecule has 6 heteroatoms. The number of aromatic hydroxyl groups is 1. The fourth-order valence-corrected chi connectivity index (χ4v) is 6.69. The Morgan fingerprint density at radius 1 is 1.22 bits per heavy atom. The maximum absolute atomic E-state index is 13.4. The predicted molar refractivity (Wildman–Crippen MR) is 113 cm³/mol. The van der Waals surface area contributed by atoms with E-state index in [0.717, 1.165) is 12.1 Å². The molecule has 1 N–H and O–H groups in total. The number of hydrogen-bond donors (Lipinski definition) is 1. The van der Waals surface area contributed by atoms with Crippen LogP contribution in [0.15, 0.2) is 52.3 Å². The van der Waals surface area contributed by atoms with Gasteiger partial charge in [0.1, 0.15) is 5.75 Å². The molecule has 3 rings (SSSR count). The number of fused-ring (bicyclic) bond motifs is 1. The van der Waals surface area contributed by atoms with Crippen LogP contribution in [0, 0.1) is 11.3 Å². The third-order valence-corrected chi connectivity index (χ3v) is 8.55. The van der Waals surface area contributed by atoms with Crippen LogP contribution in [0.3, 0.4) is 0 Å². The van der Waals surface area contributed by atoms with Crippen molar-refractivity contribution in [3.8, 4) is 5.75 Å². The molecule has 0 saturated carbocycles. The number of phenolic OH excluding ortho intramolecular Hbond substituents is 1. The van der Waals surface area contributed by atoms with Gasteiger partial charge in [-0.2, -0.15) is 0 Å². The van der Waals surface area contributed by atoms with Gasteiger partial charge in [-0.15, -0.1) is 11.8 Å². The first-order chi connectivity index (χ1) is 12.7. The lowest BCUT2D eigenvalue weighted by Gasteiger charge is -2.39. The highest BCUT2D eigenvalue weighted by molar-refractivity contribution is 7.98. The van der Waals surface area contributed by atoms with Crippen LogP contribution < -0.4 is 4.90 Å². The number of hydrogen-bond acceptors (Lipinski definition) is 5. The van der Waals surface area contributed by atoms with E-state index in [0.29, 0.717) is 17.1 Å². The van der Waals surface area contributed by atoms with Gasteiger partial charge in [0.25, 0.3) is 0 Å². The molecule has 146 valence electrons. The normalized spacial score (nSPS) is 21.7. The minimum atomic E-state index is -3.54. The van der Waals surface area contributed by atoms with Gasteiger partial charge >= 0.3 is 0 Å². The Kier molecular flexibility index (Phi) is 5.50. The molecule has 0 spiro atoms. The zero-order chi connectivity index (χ0) is 19.8. The fourth-order valence-electron chi connectivity index (χ4n) is 3.87. The van der Waals surface area contributed by atoms with Crippen molar-refractivity contribution in [2.24, 2.45) is 11.3 Å². The summed E-state index contributed by atoms with van der Waals surface area (Å²) in [6, 6.07) is 13.1. The quantitative estimate of drug-likeness (QED) is 0.718. The fraction of sp³-hybridized carbons (Fsp3) is 0.429. The first-order valence-corrected chi connectivity index (χ1v) is 12.1. The highest BCUT2D eigenvalue weighted by Crippen LogP contribution is 2.47. The van der Waals surface area contributed by atoms with E-state index in [1.807, 2.05) is 42.7 Å². The second-order valence-corrected chi connectivity index (χ2v) is 10.3. The predicted octanol–water partition coefficient (Wildman–Crippen LogP) is 5.09. The Bertz CT molecular complexity index is 926. The summed E-state index contributed by atoms with van der Waals surface area (Å²) in [5.74, 6) is 0.306. The van der Waals surface area contributed by atoms with Gasteiger partial charge in [0.15, 0.2) is 9.84 Å². The molecule has 0 aromatic heterocycles. The van der Waals surface area contributed by atoms with Gasteiger partial charge < -0.3 is 10.0 Å². The molecule has 0 radical (unpaired) electrons. The maximum atomic E-state index is 13.4. The van der Waals surface area contributed by atoms with Crippen molar-refractivity contribution in [2.45, 2.75) is 37.0 Å². The average Bonchev–Trinajstić information content (AvgIpc) is 2.75. The van der Waals surface area contributed by atoms with Crippen molar-refractivity contribution in [2.75, 3.05) is 23.5 Å². The van der Waals surface area contributed by atoms with Gasteiger partial charge in [0.2, 0.25) is 0 Å². The molecular weight excluding hydrogens is 378 g/mol. The van der Waals surface area contributed by atoms with E-state index >= 15 is 0 Å². The Labute approximate surface area is 166 Å². The van der Waals surface area contributed by atoms with E-state index in [9.17, 15) is 13.5 Å². The molecule has 0 aliphatic carbocycles. The summed E-state index contributed by atoms with van der Waals surface area (Å²) in [4.78, 5) is 3.01. The van der Waals surface area contributed by atoms with Crippen LogP contribution >= 0.6 is 11.8 Å². The third-order valence-electron chi connectivity index (χ3n) is 5.83. The number of rotatable bonds is 4. The molecule has 1 aliphatic rings. The molecule has 0 saturated heterocycles. The molecule has 1 unspecified atom stereocenters. The van der Waals surface area contributed by atoms with Gasteiger partial charge in [-0.25, -0.2) is 8.42 Å². The van der Waals surface area contributed by atoms with E-state index in [1.54, 1.807) is 0 Å². The number of anilines is 2. The van der Waals surface area contributed by atoms with Crippen molar-refractivity contribution >= 4 is 33.0 Å².